The average Bonchev–Trinajstić information content (AvgIpc) is 2.39. The maximum Gasteiger partial charge on any atom is 0.274 e. The van der Waals surface area contributed by atoms with E-state index < -0.39 is 0 Å². The van der Waals surface area contributed by atoms with Crippen LogP contribution in [0.3, 0.4) is 0 Å². The third kappa shape index (κ3) is 2.99. The van der Waals surface area contributed by atoms with Crippen LogP contribution in [0.4, 0.5) is 0 Å². The number of fused-ring (bicyclic) bond motifs is 1. The third-order valence-corrected chi connectivity index (χ3v) is 3.66. The molecule has 0 aliphatic heterocycles. The van der Waals surface area contributed by atoms with E-state index in [4.69, 9.17) is 0 Å². The zero-order valence-corrected chi connectivity index (χ0v) is 12.1. The van der Waals surface area contributed by atoms with Crippen molar-refractivity contribution in [1.82, 2.24) is 9.78 Å². The maximum atomic E-state index is 12.2. The molecule has 1 heterocycles. The fraction of sp³-hybridized carbons (Fsp3) is 0.429. The van der Waals surface area contributed by atoms with Crippen molar-refractivity contribution in [3.8, 4) is 0 Å². The molecule has 2 rings (SSSR count). The zero-order valence-electron chi connectivity index (χ0n) is 10.5. The average molecular weight is 309 g/mol. The van der Waals surface area contributed by atoms with E-state index in [-0.39, 0.29) is 5.56 Å². The van der Waals surface area contributed by atoms with Crippen molar-refractivity contribution in [2.24, 2.45) is 5.92 Å². The molecule has 2 aromatic rings. The number of benzene rings is 1. The fourth-order valence-electron chi connectivity index (χ4n) is 1.96. The summed E-state index contributed by atoms with van der Waals surface area (Å²) < 4.78 is 1.58. The first-order chi connectivity index (χ1) is 8.72. The Morgan fingerprint density at radius 1 is 1.33 bits per heavy atom. The van der Waals surface area contributed by atoms with Gasteiger partial charge < -0.3 is 0 Å². The molecule has 18 heavy (non-hydrogen) atoms. The molecular weight excluding hydrogens is 292 g/mol. The maximum absolute atomic E-state index is 12.2. The second-order valence-electron chi connectivity index (χ2n) is 4.63. The number of hydrogen-bond donors (Lipinski definition) is 0. The van der Waals surface area contributed by atoms with Gasteiger partial charge in [-0.05, 0) is 24.8 Å². The zero-order chi connectivity index (χ0) is 13.0. The van der Waals surface area contributed by atoms with Crippen LogP contribution in [0.2, 0.25) is 0 Å². The molecule has 0 N–H and O–H groups in total. The SMILES string of the molecule is CC(CCBr)CCn1ncc2ccccc2c1=O. The number of hydrogen-bond acceptors (Lipinski definition) is 2. The summed E-state index contributed by atoms with van der Waals surface area (Å²) >= 11 is 3.44. The Hall–Kier alpha value is -1.16. The lowest BCUT2D eigenvalue weighted by Gasteiger charge is -2.10. The molecule has 0 aliphatic carbocycles. The molecule has 1 aromatic heterocycles. The molecule has 1 atom stereocenters. The highest BCUT2D eigenvalue weighted by atomic mass is 79.9. The van der Waals surface area contributed by atoms with E-state index in [1.165, 1.54) is 0 Å². The normalized spacial score (nSPS) is 12.8. The molecule has 0 bridgehead atoms. The molecule has 0 saturated heterocycles. The molecule has 0 fully saturated rings. The van der Waals surface area contributed by atoms with Gasteiger partial charge >= 0.3 is 0 Å². The Labute approximate surface area is 115 Å². The lowest BCUT2D eigenvalue weighted by atomic mass is 10.1. The van der Waals surface area contributed by atoms with Gasteiger partial charge in [0.25, 0.3) is 5.56 Å². The highest BCUT2D eigenvalue weighted by Crippen LogP contribution is 2.11. The molecule has 0 radical (unpaired) electrons. The van der Waals surface area contributed by atoms with E-state index in [9.17, 15) is 4.79 Å². The van der Waals surface area contributed by atoms with Gasteiger partial charge in [0.1, 0.15) is 0 Å². The van der Waals surface area contributed by atoms with Gasteiger partial charge in [-0.3, -0.25) is 4.79 Å². The standard InChI is InChI=1S/C14H17BrN2O/c1-11(6-8-15)7-9-17-14(18)13-5-3-2-4-12(13)10-16-17/h2-5,10-11H,6-9H2,1H3. The Morgan fingerprint density at radius 3 is 2.89 bits per heavy atom. The van der Waals surface area contributed by atoms with Crippen LogP contribution in [0.1, 0.15) is 19.8 Å². The summed E-state index contributed by atoms with van der Waals surface area (Å²) in [4.78, 5) is 12.2. The number of aryl methyl sites for hydroxylation is 1. The second kappa shape index (κ2) is 6.14. The molecule has 0 aliphatic rings. The van der Waals surface area contributed by atoms with Crippen LogP contribution in [0.15, 0.2) is 35.3 Å². The minimum atomic E-state index is 0.0131. The Kier molecular flexibility index (Phi) is 4.53. The van der Waals surface area contributed by atoms with E-state index in [0.29, 0.717) is 12.5 Å². The predicted octanol–water partition coefficient (Wildman–Crippen LogP) is 3.21. The highest BCUT2D eigenvalue weighted by molar-refractivity contribution is 9.09. The van der Waals surface area contributed by atoms with Gasteiger partial charge in [-0.2, -0.15) is 5.10 Å². The fourth-order valence-corrected chi connectivity index (χ4v) is 2.74. The van der Waals surface area contributed by atoms with Crippen LogP contribution in [-0.2, 0) is 6.54 Å². The predicted molar refractivity (Wildman–Crippen MR) is 78.2 cm³/mol. The molecule has 3 nitrogen and oxygen atoms in total. The van der Waals surface area contributed by atoms with Crippen LogP contribution in [-0.4, -0.2) is 15.1 Å². The lowest BCUT2D eigenvalue weighted by Crippen LogP contribution is -2.23. The summed E-state index contributed by atoms with van der Waals surface area (Å²) in [6.07, 6.45) is 3.88. The smallest absolute Gasteiger partial charge is 0.267 e. The van der Waals surface area contributed by atoms with Crippen LogP contribution >= 0.6 is 15.9 Å². The minimum Gasteiger partial charge on any atom is -0.267 e. The third-order valence-electron chi connectivity index (χ3n) is 3.20. The summed E-state index contributed by atoms with van der Waals surface area (Å²) in [5.74, 6) is 0.601. The van der Waals surface area contributed by atoms with Crippen molar-refractivity contribution in [3.05, 3.63) is 40.8 Å². The quantitative estimate of drug-likeness (QED) is 0.795. The second-order valence-corrected chi connectivity index (χ2v) is 5.42. The van der Waals surface area contributed by atoms with Crippen molar-refractivity contribution >= 4 is 26.7 Å². The first-order valence-corrected chi connectivity index (χ1v) is 7.35. The summed E-state index contributed by atoms with van der Waals surface area (Å²) in [6, 6.07) is 7.59. The lowest BCUT2D eigenvalue weighted by molar-refractivity contribution is 0.442. The van der Waals surface area contributed by atoms with E-state index in [2.05, 4.69) is 28.0 Å². The summed E-state index contributed by atoms with van der Waals surface area (Å²) in [6.45, 7) is 2.89. The Balaban J connectivity index is 2.19. The molecule has 0 amide bonds. The van der Waals surface area contributed by atoms with E-state index in [1.54, 1.807) is 10.9 Å². The van der Waals surface area contributed by atoms with Crippen LogP contribution in [0.25, 0.3) is 10.8 Å². The summed E-state index contributed by atoms with van der Waals surface area (Å²) in [7, 11) is 0. The van der Waals surface area contributed by atoms with E-state index in [1.807, 2.05) is 24.3 Å². The Bertz CT molecular complexity index is 579. The van der Waals surface area contributed by atoms with Crippen LogP contribution < -0.4 is 5.56 Å². The molecule has 0 spiro atoms. The monoisotopic (exact) mass is 308 g/mol. The molecule has 4 heteroatoms. The van der Waals surface area contributed by atoms with Gasteiger partial charge in [-0.1, -0.05) is 41.1 Å². The minimum absolute atomic E-state index is 0.0131. The molecule has 0 saturated carbocycles. The Morgan fingerprint density at radius 2 is 2.11 bits per heavy atom. The number of rotatable bonds is 5. The first-order valence-electron chi connectivity index (χ1n) is 6.23. The number of nitrogens with zero attached hydrogens (tertiary/aromatic N) is 2. The van der Waals surface area contributed by atoms with E-state index in [0.717, 1.165) is 28.9 Å². The van der Waals surface area contributed by atoms with Crippen molar-refractivity contribution in [2.75, 3.05) is 5.33 Å². The van der Waals surface area contributed by atoms with Crippen LogP contribution in [0.5, 0.6) is 0 Å². The molecular formula is C14H17BrN2O. The van der Waals surface area contributed by atoms with Gasteiger partial charge in [0, 0.05) is 17.3 Å². The van der Waals surface area contributed by atoms with Gasteiger partial charge in [0.05, 0.1) is 11.6 Å². The number of aromatic nitrogens is 2. The largest absolute Gasteiger partial charge is 0.274 e. The molecule has 1 unspecified atom stereocenters. The molecule has 96 valence electrons. The van der Waals surface area contributed by atoms with E-state index >= 15 is 0 Å². The number of alkyl halides is 1. The van der Waals surface area contributed by atoms with Gasteiger partial charge in [0.15, 0.2) is 0 Å². The topological polar surface area (TPSA) is 34.9 Å². The van der Waals surface area contributed by atoms with Crippen molar-refractivity contribution < 1.29 is 0 Å². The van der Waals surface area contributed by atoms with Crippen molar-refractivity contribution in [1.29, 1.82) is 0 Å². The van der Waals surface area contributed by atoms with Crippen LogP contribution in [0, 0.1) is 5.92 Å². The van der Waals surface area contributed by atoms with Crippen molar-refractivity contribution in [2.45, 2.75) is 26.3 Å². The summed E-state index contributed by atoms with van der Waals surface area (Å²) in [5.41, 5.74) is 0.0131. The van der Waals surface area contributed by atoms with Crippen molar-refractivity contribution in [3.63, 3.8) is 0 Å². The van der Waals surface area contributed by atoms with Gasteiger partial charge in [0.2, 0.25) is 0 Å². The number of halogens is 1. The first kappa shape index (κ1) is 13.3. The van der Waals surface area contributed by atoms with Gasteiger partial charge in [-0.25, -0.2) is 4.68 Å². The van der Waals surface area contributed by atoms with Gasteiger partial charge in [-0.15, -0.1) is 0 Å². The summed E-state index contributed by atoms with van der Waals surface area (Å²) in [5, 5.41) is 6.90. The highest BCUT2D eigenvalue weighted by Gasteiger charge is 2.06. The molecule has 1 aromatic carbocycles.